The second-order valence-corrected chi connectivity index (χ2v) is 6.14. The number of rotatable bonds is 0. The van der Waals surface area contributed by atoms with Gasteiger partial charge in [-0.05, 0) is 31.1 Å². The van der Waals surface area contributed by atoms with E-state index < -0.39 is 0 Å². The Morgan fingerprint density at radius 1 is 0.722 bits per heavy atom. The first-order valence-electron chi connectivity index (χ1n) is 7.39. The van der Waals surface area contributed by atoms with Gasteiger partial charge in [0.1, 0.15) is 0 Å². The van der Waals surface area contributed by atoms with E-state index in [1.165, 1.54) is 32.1 Å². The summed E-state index contributed by atoms with van der Waals surface area (Å²) < 4.78 is 0. The van der Waals surface area contributed by atoms with Crippen LogP contribution in [0.25, 0.3) is 0 Å². The molecule has 18 heavy (non-hydrogen) atoms. The highest BCUT2D eigenvalue weighted by molar-refractivity contribution is 5.22. The zero-order chi connectivity index (χ0) is 12.8. The fourth-order valence-corrected chi connectivity index (χ4v) is 2.90. The molecule has 0 amide bonds. The fourth-order valence-electron chi connectivity index (χ4n) is 2.90. The Morgan fingerprint density at radius 2 is 1.22 bits per heavy atom. The molecule has 0 nitrogen and oxygen atoms in total. The van der Waals surface area contributed by atoms with Crippen LogP contribution < -0.4 is 0 Å². The Hall–Kier alpha value is -1.04. The third kappa shape index (κ3) is 3.25. The van der Waals surface area contributed by atoms with Crippen molar-refractivity contribution in [2.75, 3.05) is 0 Å². The Morgan fingerprint density at radius 3 is 1.72 bits per heavy atom. The molecule has 2 bridgehead atoms. The third-order valence-corrected chi connectivity index (χ3v) is 4.39. The number of hydrogen-bond acceptors (Lipinski definition) is 0. The summed E-state index contributed by atoms with van der Waals surface area (Å²) in [6.45, 7) is 4.78. The molecule has 0 aromatic heterocycles. The molecule has 98 valence electrons. The van der Waals surface area contributed by atoms with Gasteiger partial charge in [0.15, 0.2) is 0 Å². The molecule has 0 fully saturated rings. The Bertz CT molecular complexity index is 331. The molecule has 2 atom stereocenters. The molecule has 0 heteroatoms. The van der Waals surface area contributed by atoms with E-state index in [-0.39, 0.29) is 5.41 Å². The Kier molecular flexibility index (Phi) is 4.63. The molecule has 0 saturated heterocycles. The van der Waals surface area contributed by atoms with Crippen molar-refractivity contribution in [3.63, 3.8) is 0 Å². The van der Waals surface area contributed by atoms with Gasteiger partial charge in [-0.3, -0.25) is 0 Å². The normalized spacial score (nSPS) is 35.0. The molecular weight excluding hydrogens is 216 g/mol. The van der Waals surface area contributed by atoms with Gasteiger partial charge in [-0.2, -0.15) is 0 Å². The van der Waals surface area contributed by atoms with Crippen LogP contribution in [0.5, 0.6) is 0 Å². The minimum Gasteiger partial charge on any atom is -0.0879 e. The molecule has 0 spiro atoms. The summed E-state index contributed by atoms with van der Waals surface area (Å²) in [5.41, 5.74) is 0.274. The minimum absolute atomic E-state index is 0.274. The molecule has 0 N–H and O–H groups in total. The van der Waals surface area contributed by atoms with E-state index in [4.69, 9.17) is 0 Å². The Labute approximate surface area is 112 Å². The maximum absolute atomic E-state index is 2.42. The van der Waals surface area contributed by atoms with Gasteiger partial charge in [0.05, 0.1) is 0 Å². The van der Waals surface area contributed by atoms with Crippen LogP contribution in [0.15, 0.2) is 48.6 Å². The van der Waals surface area contributed by atoms with E-state index in [2.05, 4.69) is 62.5 Å². The first-order valence-corrected chi connectivity index (χ1v) is 7.39. The van der Waals surface area contributed by atoms with Crippen LogP contribution in [0.1, 0.15) is 46.0 Å². The standard InChI is InChI=1S/C18H26/c1-18(2)16-12-8-6-4-3-5-7-9-13-17(18)15-11-10-14-16/h8-17H,3-7H2,1-2H3/b12-8-,13-9-. The lowest BCUT2D eigenvalue weighted by molar-refractivity contribution is 0.250. The minimum atomic E-state index is 0.274. The van der Waals surface area contributed by atoms with Crippen LogP contribution in [0.4, 0.5) is 0 Å². The number of allylic oxidation sites excluding steroid dienone is 8. The van der Waals surface area contributed by atoms with Gasteiger partial charge in [-0.25, -0.2) is 0 Å². The van der Waals surface area contributed by atoms with Gasteiger partial charge in [0.25, 0.3) is 0 Å². The molecular formula is C18H26. The lowest BCUT2D eigenvalue weighted by Gasteiger charge is -2.35. The second kappa shape index (κ2) is 6.22. The van der Waals surface area contributed by atoms with Crippen LogP contribution in [0, 0.1) is 17.3 Å². The van der Waals surface area contributed by atoms with Crippen molar-refractivity contribution in [3.05, 3.63) is 48.6 Å². The highest BCUT2D eigenvalue weighted by Crippen LogP contribution is 2.40. The SMILES string of the molecule is CC1(C)C2C=CC=CC1/C=C\CCCCC/C=C\2. The maximum atomic E-state index is 2.42. The monoisotopic (exact) mass is 242 g/mol. The summed E-state index contributed by atoms with van der Waals surface area (Å²) >= 11 is 0. The Balaban J connectivity index is 2.26. The maximum Gasteiger partial charge on any atom is 0.000950 e. The second-order valence-electron chi connectivity index (χ2n) is 6.14. The lowest BCUT2D eigenvalue weighted by Crippen LogP contribution is -2.28. The van der Waals surface area contributed by atoms with Crippen LogP contribution in [-0.2, 0) is 0 Å². The molecule has 0 aromatic carbocycles. The number of fused-ring (bicyclic) bond motifs is 2. The van der Waals surface area contributed by atoms with Gasteiger partial charge in [0.2, 0.25) is 0 Å². The van der Waals surface area contributed by atoms with Crippen LogP contribution in [-0.4, -0.2) is 0 Å². The van der Waals surface area contributed by atoms with Gasteiger partial charge in [-0.1, -0.05) is 68.9 Å². The van der Waals surface area contributed by atoms with Crippen molar-refractivity contribution in [3.8, 4) is 0 Å². The van der Waals surface area contributed by atoms with E-state index >= 15 is 0 Å². The quantitative estimate of drug-likeness (QED) is 0.496. The van der Waals surface area contributed by atoms with Gasteiger partial charge in [-0.15, -0.1) is 0 Å². The largest absolute Gasteiger partial charge is 0.0879 e. The van der Waals surface area contributed by atoms with E-state index in [0.29, 0.717) is 11.8 Å². The average molecular weight is 242 g/mol. The predicted molar refractivity (Wildman–Crippen MR) is 80.4 cm³/mol. The number of hydrogen-bond donors (Lipinski definition) is 0. The van der Waals surface area contributed by atoms with Crippen LogP contribution in [0.3, 0.4) is 0 Å². The van der Waals surface area contributed by atoms with Gasteiger partial charge >= 0.3 is 0 Å². The average Bonchev–Trinajstić information content (AvgIpc) is 2.47. The van der Waals surface area contributed by atoms with Gasteiger partial charge in [0, 0.05) is 11.8 Å². The van der Waals surface area contributed by atoms with E-state index in [9.17, 15) is 0 Å². The van der Waals surface area contributed by atoms with Gasteiger partial charge < -0.3 is 0 Å². The molecule has 2 aliphatic rings. The van der Waals surface area contributed by atoms with Crippen LogP contribution in [0.2, 0.25) is 0 Å². The van der Waals surface area contributed by atoms with Crippen molar-refractivity contribution in [2.24, 2.45) is 17.3 Å². The zero-order valence-corrected chi connectivity index (χ0v) is 11.8. The van der Waals surface area contributed by atoms with Crippen LogP contribution >= 0.6 is 0 Å². The lowest BCUT2D eigenvalue weighted by atomic mass is 9.69. The van der Waals surface area contributed by atoms with Crippen molar-refractivity contribution in [1.82, 2.24) is 0 Å². The van der Waals surface area contributed by atoms with Crippen molar-refractivity contribution in [2.45, 2.75) is 46.0 Å². The predicted octanol–water partition coefficient (Wildman–Crippen LogP) is 5.45. The summed E-state index contributed by atoms with van der Waals surface area (Å²) in [5.74, 6) is 1.09. The fraction of sp³-hybridized carbons (Fsp3) is 0.556. The van der Waals surface area contributed by atoms with E-state index in [1.54, 1.807) is 0 Å². The summed E-state index contributed by atoms with van der Waals surface area (Å²) in [4.78, 5) is 0. The zero-order valence-electron chi connectivity index (χ0n) is 11.8. The van der Waals surface area contributed by atoms with Crippen molar-refractivity contribution < 1.29 is 0 Å². The molecule has 0 aromatic rings. The summed E-state index contributed by atoms with van der Waals surface area (Å²) in [6, 6.07) is 0. The van der Waals surface area contributed by atoms with E-state index in [1.807, 2.05) is 0 Å². The molecule has 0 heterocycles. The molecule has 2 unspecified atom stereocenters. The molecule has 0 radical (unpaired) electrons. The highest BCUT2D eigenvalue weighted by atomic mass is 14.4. The molecule has 2 rings (SSSR count). The summed E-state index contributed by atoms with van der Waals surface area (Å²) in [7, 11) is 0. The van der Waals surface area contributed by atoms with E-state index in [0.717, 1.165) is 0 Å². The highest BCUT2D eigenvalue weighted by Gasteiger charge is 2.32. The third-order valence-electron chi connectivity index (χ3n) is 4.39. The van der Waals surface area contributed by atoms with Crippen molar-refractivity contribution in [1.29, 1.82) is 0 Å². The first kappa shape index (κ1) is 13.4. The topological polar surface area (TPSA) is 0 Å². The molecule has 0 saturated carbocycles. The smallest absolute Gasteiger partial charge is 0.000950 e. The van der Waals surface area contributed by atoms with Crippen molar-refractivity contribution >= 4 is 0 Å². The summed E-state index contributed by atoms with van der Waals surface area (Å²) in [6.07, 6.45) is 25.3. The molecule has 2 aliphatic carbocycles. The summed E-state index contributed by atoms with van der Waals surface area (Å²) in [5, 5.41) is 0. The first-order chi connectivity index (χ1) is 8.71. The molecule has 0 aliphatic heterocycles.